The van der Waals surface area contributed by atoms with Crippen LogP contribution in [0.1, 0.15) is 47.6 Å². The van der Waals surface area contributed by atoms with Gasteiger partial charge in [0.2, 0.25) is 0 Å². The molecule has 8 heteroatoms. The van der Waals surface area contributed by atoms with Gasteiger partial charge in [0.25, 0.3) is 0 Å². The van der Waals surface area contributed by atoms with Crippen molar-refractivity contribution in [3.63, 3.8) is 0 Å². The second-order valence-corrected chi connectivity index (χ2v) is 8.62. The number of carbonyl (C=O) groups is 2. The molecule has 1 N–H and O–H groups in total. The van der Waals surface area contributed by atoms with Gasteiger partial charge in [-0.1, -0.05) is 18.2 Å². The smallest absolute Gasteiger partial charge is 0.416 e. The average Bonchev–Trinajstić information content (AvgIpc) is 3.26. The zero-order valence-electron chi connectivity index (χ0n) is 16.9. The molecule has 0 radical (unpaired) electrons. The van der Waals surface area contributed by atoms with Gasteiger partial charge in [0, 0.05) is 40.1 Å². The van der Waals surface area contributed by atoms with Gasteiger partial charge < -0.3 is 10.1 Å². The fourth-order valence-electron chi connectivity index (χ4n) is 4.34. The van der Waals surface area contributed by atoms with Crippen LogP contribution in [0, 0.1) is 0 Å². The van der Waals surface area contributed by atoms with Gasteiger partial charge in [-0.3, -0.25) is 4.79 Å². The molecule has 0 bridgehead atoms. The number of halogens is 3. The Morgan fingerprint density at radius 2 is 1.87 bits per heavy atom. The van der Waals surface area contributed by atoms with Crippen molar-refractivity contribution >= 4 is 23.1 Å². The molecule has 0 amide bonds. The molecule has 0 unspecified atom stereocenters. The molecule has 0 spiro atoms. The maximum Gasteiger partial charge on any atom is 0.416 e. The van der Waals surface area contributed by atoms with Crippen molar-refractivity contribution in [3.05, 3.63) is 80.3 Å². The maximum atomic E-state index is 13.3. The number of esters is 1. The molecule has 1 aromatic heterocycles. The summed E-state index contributed by atoms with van der Waals surface area (Å²) in [6, 6.07) is 8.55. The van der Waals surface area contributed by atoms with E-state index >= 15 is 0 Å². The molecule has 31 heavy (non-hydrogen) atoms. The first-order valence-electron chi connectivity index (χ1n) is 9.73. The van der Waals surface area contributed by atoms with Crippen LogP contribution in [0.25, 0.3) is 0 Å². The normalized spacial score (nSPS) is 21.6. The summed E-state index contributed by atoms with van der Waals surface area (Å²) in [6.07, 6.45) is -3.60. The van der Waals surface area contributed by atoms with Crippen LogP contribution in [0.2, 0.25) is 0 Å². The molecular weight excluding hydrogens is 427 g/mol. The van der Waals surface area contributed by atoms with Crippen LogP contribution in [-0.4, -0.2) is 18.9 Å². The Labute approximate surface area is 181 Å². The van der Waals surface area contributed by atoms with E-state index in [2.05, 4.69) is 5.32 Å². The standard InChI is InChI=1S/C23H20F3NO3S/c1-12-19(22(29)30-2)20(13-5-7-15(8-6-13)23(24,25)26)21-16(27-12)10-14(11-17(21)28)18-4-3-9-31-18/h3-9,14,20,27H,10-11H2,1-2H3/t14-,20+/m1/s1. The number of hydrogen-bond donors (Lipinski definition) is 1. The number of rotatable bonds is 3. The quantitative estimate of drug-likeness (QED) is 0.649. The van der Waals surface area contributed by atoms with Crippen molar-refractivity contribution in [1.82, 2.24) is 5.32 Å². The van der Waals surface area contributed by atoms with Crippen LogP contribution in [-0.2, 0) is 20.5 Å². The van der Waals surface area contributed by atoms with Crippen molar-refractivity contribution in [2.75, 3.05) is 7.11 Å². The Morgan fingerprint density at radius 1 is 1.16 bits per heavy atom. The fourth-order valence-corrected chi connectivity index (χ4v) is 5.17. The van der Waals surface area contributed by atoms with Crippen LogP contribution >= 0.6 is 11.3 Å². The van der Waals surface area contributed by atoms with Crippen molar-refractivity contribution in [3.8, 4) is 0 Å². The van der Waals surface area contributed by atoms with E-state index < -0.39 is 23.6 Å². The molecule has 0 fully saturated rings. The number of Topliss-reactive ketones (excluding diaryl/α,β-unsaturated/α-hetero) is 1. The van der Waals surface area contributed by atoms with Gasteiger partial charge >= 0.3 is 12.1 Å². The third kappa shape index (κ3) is 3.92. The van der Waals surface area contributed by atoms with E-state index in [0.717, 1.165) is 17.0 Å². The highest BCUT2D eigenvalue weighted by atomic mass is 32.1. The van der Waals surface area contributed by atoms with E-state index in [0.29, 0.717) is 29.0 Å². The summed E-state index contributed by atoms with van der Waals surface area (Å²) in [5.41, 5.74) is 1.58. The number of carbonyl (C=O) groups excluding carboxylic acids is 2. The van der Waals surface area contributed by atoms with Crippen LogP contribution in [0.4, 0.5) is 13.2 Å². The molecule has 2 aromatic rings. The van der Waals surface area contributed by atoms with Crippen molar-refractivity contribution in [2.24, 2.45) is 0 Å². The highest BCUT2D eigenvalue weighted by molar-refractivity contribution is 7.10. The highest BCUT2D eigenvalue weighted by Gasteiger charge is 2.41. The monoisotopic (exact) mass is 447 g/mol. The zero-order valence-corrected chi connectivity index (χ0v) is 17.7. The molecular formula is C23H20F3NO3S. The first-order chi connectivity index (χ1) is 14.7. The number of hydrogen-bond acceptors (Lipinski definition) is 5. The summed E-state index contributed by atoms with van der Waals surface area (Å²) in [4.78, 5) is 27.0. The SMILES string of the molecule is COC(=O)C1=C(C)NC2=C(C(=O)C[C@H](c3cccs3)C2)[C@H]1c1ccc(C(F)(F)F)cc1. The van der Waals surface area contributed by atoms with Gasteiger partial charge in [-0.2, -0.15) is 13.2 Å². The topological polar surface area (TPSA) is 55.4 Å². The molecule has 4 nitrogen and oxygen atoms in total. The van der Waals surface area contributed by atoms with Gasteiger partial charge in [0.05, 0.1) is 18.2 Å². The lowest BCUT2D eigenvalue weighted by Crippen LogP contribution is -2.35. The van der Waals surface area contributed by atoms with Crippen LogP contribution in [0.5, 0.6) is 0 Å². The van der Waals surface area contributed by atoms with Gasteiger partial charge in [-0.25, -0.2) is 4.79 Å². The molecule has 1 aromatic carbocycles. The van der Waals surface area contributed by atoms with E-state index in [1.165, 1.54) is 19.2 Å². The largest absolute Gasteiger partial charge is 0.466 e. The number of methoxy groups -OCH3 is 1. The number of allylic oxidation sites excluding steroid dienone is 3. The number of ketones is 1. The Hall–Kier alpha value is -2.87. The molecule has 1 aliphatic carbocycles. The van der Waals surface area contributed by atoms with E-state index in [1.807, 2.05) is 17.5 Å². The van der Waals surface area contributed by atoms with Gasteiger partial charge in [-0.05, 0) is 42.5 Å². The van der Waals surface area contributed by atoms with Crippen LogP contribution < -0.4 is 5.32 Å². The minimum absolute atomic E-state index is 0.0273. The lowest BCUT2D eigenvalue weighted by atomic mass is 9.72. The first kappa shape index (κ1) is 21.4. The number of dihydropyridines is 1. The molecule has 1 aliphatic heterocycles. The fraction of sp³-hybridized carbons (Fsp3) is 0.304. The summed E-state index contributed by atoms with van der Waals surface area (Å²) in [6.45, 7) is 1.71. The predicted octanol–water partition coefficient (Wildman–Crippen LogP) is 5.30. The molecule has 0 saturated carbocycles. The summed E-state index contributed by atoms with van der Waals surface area (Å²) in [7, 11) is 1.24. The van der Waals surface area contributed by atoms with Gasteiger partial charge in [0.15, 0.2) is 5.78 Å². The van der Waals surface area contributed by atoms with E-state index in [9.17, 15) is 22.8 Å². The Morgan fingerprint density at radius 3 is 2.45 bits per heavy atom. The summed E-state index contributed by atoms with van der Waals surface area (Å²) in [5.74, 6) is -1.48. The Kier molecular flexibility index (Phi) is 5.51. The number of alkyl halides is 3. The van der Waals surface area contributed by atoms with Crippen molar-refractivity contribution < 1.29 is 27.5 Å². The summed E-state index contributed by atoms with van der Waals surface area (Å²) < 4.78 is 44.0. The number of nitrogens with one attached hydrogen (secondary N) is 1. The third-order valence-corrected chi connectivity index (χ3v) is 6.78. The third-order valence-electron chi connectivity index (χ3n) is 5.75. The summed E-state index contributed by atoms with van der Waals surface area (Å²) in [5, 5.41) is 5.17. The number of benzene rings is 1. The van der Waals surface area contributed by atoms with Gasteiger partial charge in [-0.15, -0.1) is 11.3 Å². The lowest BCUT2D eigenvalue weighted by molar-refractivity contribution is -0.138. The number of thiophene rings is 1. The second kappa shape index (κ2) is 8.00. The molecule has 2 atom stereocenters. The minimum atomic E-state index is -4.47. The maximum absolute atomic E-state index is 13.3. The molecule has 4 rings (SSSR count). The molecule has 0 saturated heterocycles. The van der Waals surface area contributed by atoms with E-state index in [1.54, 1.807) is 18.3 Å². The Balaban J connectivity index is 1.80. The van der Waals surface area contributed by atoms with Crippen LogP contribution in [0.3, 0.4) is 0 Å². The van der Waals surface area contributed by atoms with Gasteiger partial charge in [0.1, 0.15) is 0 Å². The summed E-state index contributed by atoms with van der Waals surface area (Å²) >= 11 is 1.59. The zero-order chi connectivity index (χ0) is 22.3. The molecule has 2 heterocycles. The minimum Gasteiger partial charge on any atom is -0.466 e. The lowest BCUT2D eigenvalue weighted by Gasteiger charge is -2.36. The predicted molar refractivity (Wildman–Crippen MR) is 110 cm³/mol. The Bertz CT molecular complexity index is 1080. The number of ether oxygens (including phenoxy) is 1. The first-order valence-corrected chi connectivity index (χ1v) is 10.6. The van der Waals surface area contributed by atoms with Crippen molar-refractivity contribution in [2.45, 2.75) is 37.8 Å². The molecule has 162 valence electrons. The van der Waals surface area contributed by atoms with Crippen molar-refractivity contribution in [1.29, 1.82) is 0 Å². The molecule has 2 aliphatic rings. The second-order valence-electron chi connectivity index (χ2n) is 7.64. The highest BCUT2D eigenvalue weighted by Crippen LogP contribution is 2.46. The average molecular weight is 447 g/mol. The van der Waals surface area contributed by atoms with E-state index in [4.69, 9.17) is 4.74 Å². The van der Waals surface area contributed by atoms with Crippen LogP contribution in [0.15, 0.2) is 64.3 Å². The van der Waals surface area contributed by atoms with E-state index in [-0.39, 0.29) is 23.7 Å².